The van der Waals surface area contributed by atoms with Crippen LogP contribution in [-0.4, -0.2) is 36.5 Å². The standard InChI is InChI=1S/C20H20FN5O3/c1-20(2,19(28)29)25-11-13(10-22-25)23-18(27)17-15-7-4-8-16(15)26(24-17)14-6-3-5-12(21)9-14/h3,5-6,9-11H,4,7-8H2,1-2H3,(H,23,27)(H,28,29). The first-order valence-corrected chi connectivity index (χ1v) is 9.24. The lowest BCUT2D eigenvalue weighted by atomic mass is 10.1. The van der Waals surface area contributed by atoms with Crippen LogP contribution < -0.4 is 5.32 Å². The molecule has 1 amide bonds. The number of amides is 1. The van der Waals surface area contributed by atoms with Gasteiger partial charge in [-0.15, -0.1) is 0 Å². The second-order valence-corrected chi connectivity index (χ2v) is 7.51. The van der Waals surface area contributed by atoms with Gasteiger partial charge in [-0.2, -0.15) is 10.2 Å². The summed E-state index contributed by atoms with van der Waals surface area (Å²) in [5, 5.41) is 20.5. The molecule has 0 spiro atoms. The molecule has 1 aliphatic carbocycles. The number of fused-ring (bicyclic) bond motifs is 1. The minimum atomic E-state index is -1.25. The Hall–Kier alpha value is -3.49. The van der Waals surface area contributed by atoms with E-state index in [1.165, 1.54) is 43.1 Å². The number of carboxylic acid groups (broad SMARTS) is 1. The van der Waals surface area contributed by atoms with Crippen molar-refractivity contribution in [3.63, 3.8) is 0 Å². The number of benzene rings is 1. The zero-order valence-corrected chi connectivity index (χ0v) is 16.0. The maximum absolute atomic E-state index is 13.6. The molecule has 0 fully saturated rings. The zero-order valence-electron chi connectivity index (χ0n) is 16.0. The van der Waals surface area contributed by atoms with E-state index in [9.17, 15) is 19.1 Å². The number of hydrogen-bond donors (Lipinski definition) is 2. The fraction of sp³-hybridized carbons (Fsp3) is 0.300. The summed E-state index contributed by atoms with van der Waals surface area (Å²) in [5.41, 5.74) is 1.73. The average Bonchev–Trinajstić information content (AvgIpc) is 3.37. The number of rotatable bonds is 5. The van der Waals surface area contributed by atoms with Gasteiger partial charge < -0.3 is 10.4 Å². The van der Waals surface area contributed by atoms with Gasteiger partial charge in [-0.3, -0.25) is 9.48 Å². The Morgan fingerprint density at radius 1 is 1.28 bits per heavy atom. The van der Waals surface area contributed by atoms with Crippen molar-refractivity contribution in [3.8, 4) is 5.69 Å². The molecule has 1 aliphatic rings. The molecule has 2 aromatic heterocycles. The van der Waals surface area contributed by atoms with Gasteiger partial charge in [0.25, 0.3) is 5.91 Å². The van der Waals surface area contributed by atoms with E-state index in [-0.39, 0.29) is 11.5 Å². The summed E-state index contributed by atoms with van der Waals surface area (Å²) < 4.78 is 16.5. The van der Waals surface area contributed by atoms with Crippen molar-refractivity contribution in [1.29, 1.82) is 0 Å². The van der Waals surface area contributed by atoms with Crippen LogP contribution in [0.1, 0.15) is 42.0 Å². The topological polar surface area (TPSA) is 102 Å². The Kier molecular flexibility index (Phi) is 4.45. The molecule has 3 aromatic rings. The number of carboxylic acids is 1. The fourth-order valence-electron chi connectivity index (χ4n) is 3.42. The van der Waals surface area contributed by atoms with Crippen LogP contribution >= 0.6 is 0 Å². The molecule has 29 heavy (non-hydrogen) atoms. The van der Waals surface area contributed by atoms with Crippen LogP contribution in [-0.2, 0) is 23.2 Å². The SMILES string of the molecule is CC(C)(C(=O)O)n1cc(NC(=O)c2nn(-c3cccc(F)c3)c3c2CCC3)cn1. The number of anilines is 1. The molecule has 0 bridgehead atoms. The van der Waals surface area contributed by atoms with E-state index >= 15 is 0 Å². The van der Waals surface area contributed by atoms with Gasteiger partial charge in [-0.25, -0.2) is 13.9 Å². The summed E-state index contributed by atoms with van der Waals surface area (Å²) in [4.78, 5) is 24.2. The third-order valence-electron chi connectivity index (χ3n) is 5.13. The lowest BCUT2D eigenvalue weighted by Crippen LogP contribution is -2.35. The third-order valence-corrected chi connectivity index (χ3v) is 5.13. The highest BCUT2D eigenvalue weighted by Gasteiger charge is 2.31. The smallest absolute Gasteiger partial charge is 0.331 e. The van der Waals surface area contributed by atoms with Crippen molar-refractivity contribution in [2.45, 2.75) is 38.6 Å². The zero-order chi connectivity index (χ0) is 20.8. The van der Waals surface area contributed by atoms with Crippen LogP contribution in [0.2, 0.25) is 0 Å². The predicted octanol–water partition coefficient (Wildman–Crippen LogP) is 2.77. The van der Waals surface area contributed by atoms with Crippen LogP contribution in [0.4, 0.5) is 10.1 Å². The molecule has 1 aromatic carbocycles. The molecule has 0 saturated heterocycles. The van der Waals surface area contributed by atoms with Crippen molar-refractivity contribution in [3.05, 3.63) is 59.4 Å². The van der Waals surface area contributed by atoms with Crippen LogP contribution in [0.3, 0.4) is 0 Å². The van der Waals surface area contributed by atoms with Gasteiger partial charge in [0.1, 0.15) is 5.82 Å². The Bertz CT molecular complexity index is 1120. The summed E-state index contributed by atoms with van der Waals surface area (Å²) in [6, 6.07) is 6.09. The summed E-state index contributed by atoms with van der Waals surface area (Å²) in [6.45, 7) is 3.03. The molecule has 4 rings (SSSR count). The Morgan fingerprint density at radius 2 is 2.07 bits per heavy atom. The molecule has 2 heterocycles. The van der Waals surface area contributed by atoms with Crippen molar-refractivity contribution in [2.24, 2.45) is 0 Å². The molecule has 0 aliphatic heterocycles. The average molecular weight is 397 g/mol. The molecule has 9 heteroatoms. The van der Waals surface area contributed by atoms with E-state index in [4.69, 9.17) is 0 Å². The number of carbonyl (C=O) groups excluding carboxylic acids is 1. The van der Waals surface area contributed by atoms with E-state index in [0.29, 0.717) is 11.4 Å². The number of aliphatic carboxylic acids is 1. The fourth-order valence-corrected chi connectivity index (χ4v) is 3.42. The van der Waals surface area contributed by atoms with Gasteiger partial charge in [0.05, 0.1) is 17.6 Å². The molecule has 2 N–H and O–H groups in total. The van der Waals surface area contributed by atoms with E-state index in [0.717, 1.165) is 30.5 Å². The van der Waals surface area contributed by atoms with Gasteiger partial charge in [0.15, 0.2) is 11.2 Å². The second kappa shape index (κ2) is 6.84. The number of nitrogens with zero attached hydrogens (tertiary/aromatic N) is 4. The summed E-state index contributed by atoms with van der Waals surface area (Å²) >= 11 is 0. The van der Waals surface area contributed by atoms with E-state index in [1.54, 1.807) is 16.8 Å². The van der Waals surface area contributed by atoms with E-state index in [1.807, 2.05) is 0 Å². The third kappa shape index (κ3) is 3.28. The number of nitrogens with one attached hydrogen (secondary N) is 1. The van der Waals surface area contributed by atoms with Crippen molar-refractivity contribution in [2.75, 3.05) is 5.32 Å². The van der Waals surface area contributed by atoms with E-state index < -0.39 is 17.4 Å². The molecular formula is C20H20FN5O3. The van der Waals surface area contributed by atoms with Crippen LogP contribution in [0, 0.1) is 5.82 Å². The molecule has 0 saturated carbocycles. The van der Waals surface area contributed by atoms with E-state index in [2.05, 4.69) is 15.5 Å². The number of carbonyl (C=O) groups is 2. The normalized spacial score (nSPS) is 13.3. The highest BCUT2D eigenvalue weighted by Crippen LogP contribution is 2.28. The molecule has 150 valence electrons. The largest absolute Gasteiger partial charge is 0.479 e. The predicted molar refractivity (Wildman–Crippen MR) is 103 cm³/mol. The molecular weight excluding hydrogens is 377 g/mol. The van der Waals surface area contributed by atoms with Crippen molar-refractivity contribution in [1.82, 2.24) is 19.6 Å². The van der Waals surface area contributed by atoms with Crippen molar-refractivity contribution >= 4 is 17.6 Å². The first-order valence-electron chi connectivity index (χ1n) is 9.24. The molecule has 8 nitrogen and oxygen atoms in total. The van der Waals surface area contributed by atoms with Gasteiger partial charge in [-0.05, 0) is 51.3 Å². The first kappa shape index (κ1) is 18.9. The monoisotopic (exact) mass is 397 g/mol. The summed E-state index contributed by atoms with van der Waals surface area (Å²) in [6.07, 6.45) is 5.24. The van der Waals surface area contributed by atoms with Crippen molar-refractivity contribution < 1.29 is 19.1 Å². The Morgan fingerprint density at radius 3 is 2.79 bits per heavy atom. The molecule has 0 radical (unpaired) electrons. The Labute approximate surface area is 166 Å². The van der Waals surface area contributed by atoms with Crippen LogP contribution in [0.25, 0.3) is 5.69 Å². The highest BCUT2D eigenvalue weighted by atomic mass is 19.1. The lowest BCUT2D eigenvalue weighted by Gasteiger charge is -2.19. The van der Waals surface area contributed by atoms with Gasteiger partial charge in [0.2, 0.25) is 0 Å². The molecule has 0 atom stereocenters. The second-order valence-electron chi connectivity index (χ2n) is 7.51. The van der Waals surface area contributed by atoms with Crippen LogP contribution in [0.15, 0.2) is 36.7 Å². The molecule has 0 unspecified atom stereocenters. The lowest BCUT2D eigenvalue weighted by molar-refractivity contribution is -0.146. The van der Waals surface area contributed by atoms with Gasteiger partial charge >= 0.3 is 5.97 Å². The minimum Gasteiger partial charge on any atom is -0.479 e. The maximum Gasteiger partial charge on any atom is 0.331 e. The maximum atomic E-state index is 13.6. The number of halogens is 1. The van der Waals surface area contributed by atoms with Crippen LogP contribution in [0.5, 0.6) is 0 Å². The number of hydrogen-bond acceptors (Lipinski definition) is 4. The quantitative estimate of drug-likeness (QED) is 0.689. The van der Waals surface area contributed by atoms with Gasteiger partial charge in [0, 0.05) is 17.5 Å². The first-order chi connectivity index (χ1) is 13.8. The highest BCUT2D eigenvalue weighted by molar-refractivity contribution is 6.04. The Balaban J connectivity index is 1.63. The summed E-state index contributed by atoms with van der Waals surface area (Å²) in [5.74, 6) is -1.82. The number of aromatic nitrogens is 4. The minimum absolute atomic E-state index is 0.284. The van der Waals surface area contributed by atoms with Gasteiger partial charge in [-0.1, -0.05) is 6.07 Å². The summed E-state index contributed by atoms with van der Waals surface area (Å²) in [7, 11) is 0.